The first kappa shape index (κ1) is 16.0. The minimum Gasteiger partial charge on any atom is -0.354 e. The monoisotopic (exact) mass is 360 g/mol. The van der Waals surface area contributed by atoms with E-state index in [9.17, 15) is 4.79 Å². The van der Waals surface area contributed by atoms with Gasteiger partial charge in [-0.3, -0.25) is 14.9 Å². The van der Waals surface area contributed by atoms with Crippen molar-refractivity contribution >= 4 is 27.8 Å². The molecule has 0 radical (unpaired) electrons. The summed E-state index contributed by atoms with van der Waals surface area (Å²) in [5.41, 5.74) is 2.92. The Bertz CT molecular complexity index is 1170. The summed E-state index contributed by atoms with van der Waals surface area (Å²) in [5, 5.41) is 3.79. The Kier molecular flexibility index (Phi) is 3.68. The van der Waals surface area contributed by atoms with E-state index < -0.39 is 0 Å². The van der Waals surface area contributed by atoms with E-state index >= 15 is 0 Å². The van der Waals surface area contributed by atoms with E-state index in [-0.39, 0.29) is 5.56 Å². The van der Waals surface area contributed by atoms with Crippen LogP contribution in [0.3, 0.4) is 0 Å². The normalized spacial score (nSPS) is 15.7. The third-order valence-electron chi connectivity index (χ3n) is 5.20. The molecule has 1 saturated heterocycles. The quantitative estimate of drug-likeness (QED) is 0.592. The van der Waals surface area contributed by atoms with Gasteiger partial charge in [0.1, 0.15) is 11.3 Å². The molecule has 0 saturated carbocycles. The van der Waals surface area contributed by atoms with Crippen LogP contribution in [0.4, 0.5) is 5.82 Å². The lowest BCUT2D eigenvalue weighted by Gasteiger charge is -2.33. The Morgan fingerprint density at radius 1 is 1.00 bits per heavy atom. The molecule has 0 atom stereocenters. The van der Waals surface area contributed by atoms with Gasteiger partial charge < -0.3 is 9.80 Å². The van der Waals surface area contributed by atoms with Gasteiger partial charge >= 0.3 is 0 Å². The average molecular weight is 360 g/mol. The fraction of sp³-hybridized carbons (Fsp3) is 0.250. The summed E-state index contributed by atoms with van der Waals surface area (Å²) >= 11 is 0. The van der Waals surface area contributed by atoms with Crippen LogP contribution in [0.1, 0.15) is 0 Å². The number of para-hydroxylation sites is 1. The van der Waals surface area contributed by atoms with Crippen molar-refractivity contribution in [1.29, 1.82) is 0 Å². The van der Waals surface area contributed by atoms with Crippen molar-refractivity contribution in [2.45, 2.75) is 0 Å². The second-order valence-electron chi connectivity index (χ2n) is 6.96. The van der Waals surface area contributed by atoms with Crippen molar-refractivity contribution in [2.75, 3.05) is 38.1 Å². The van der Waals surface area contributed by atoms with Crippen LogP contribution in [0.25, 0.3) is 27.6 Å². The molecule has 3 aromatic heterocycles. The number of H-pyrrole nitrogens is 1. The van der Waals surface area contributed by atoms with E-state index in [1.165, 1.54) is 0 Å². The minimum atomic E-state index is -0.114. The van der Waals surface area contributed by atoms with Gasteiger partial charge in [-0.25, -0.2) is 9.67 Å². The molecule has 0 spiro atoms. The zero-order chi connectivity index (χ0) is 18.4. The second kappa shape index (κ2) is 6.21. The number of fused-ring (bicyclic) bond motifs is 3. The zero-order valence-corrected chi connectivity index (χ0v) is 15.1. The number of pyridine rings is 2. The van der Waals surface area contributed by atoms with Crippen LogP contribution in [-0.4, -0.2) is 57.9 Å². The van der Waals surface area contributed by atoms with E-state index in [1.807, 2.05) is 42.5 Å². The first-order chi connectivity index (χ1) is 13.2. The van der Waals surface area contributed by atoms with Crippen LogP contribution in [0.5, 0.6) is 0 Å². The van der Waals surface area contributed by atoms with Crippen molar-refractivity contribution < 1.29 is 0 Å². The number of likely N-dealkylation sites (N-methyl/N-ethyl adjacent to an activating group) is 1. The molecule has 1 aliphatic rings. The van der Waals surface area contributed by atoms with Crippen LogP contribution in [0.15, 0.2) is 53.5 Å². The molecule has 0 unspecified atom stereocenters. The third-order valence-corrected chi connectivity index (χ3v) is 5.20. The van der Waals surface area contributed by atoms with Crippen LogP contribution < -0.4 is 10.5 Å². The highest BCUT2D eigenvalue weighted by atomic mass is 16.1. The van der Waals surface area contributed by atoms with Crippen LogP contribution >= 0.6 is 0 Å². The first-order valence-corrected chi connectivity index (χ1v) is 9.10. The highest BCUT2D eigenvalue weighted by Gasteiger charge is 2.18. The molecule has 27 heavy (non-hydrogen) atoms. The van der Waals surface area contributed by atoms with Crippen molar-refractivity contribution in [2.24, 2.45) is 0 Å². The standard InChI is InChI=1S/C20H20N6O/c1-24-9-11-25(12-10-24)17-8-7-16-19(22-17)18-15(13-21-16)20(27)26(23-18)14-5-3-2-4-6-14/h2-8,13,23H,9-12H2,1H3. The van der Waals surface area contributed by atoms with Crippen LogP contribution in [0, 0.1) is 0 Å². The molecule has 1 aliphatic heterocycles. The van der Waals surface area contributed by atoms with E-state index in [4.69, 9.17) is 4.98 Å². The summed E-state index contributed by atoms with van der Waals surface area (Å²) in [4.78, 5) is 26.8. The molecule has 136 valence electrons. The van der Waals surface area contributed by atoms with E-state index in [0.717, 1.165) is 54.2 Å². The Balaban J connectivity index is 1.67. The fourth-order valence-electron chi connectivity index (χ4n) is 3.58. The third kappa shape index (κ3) is 2.67. The van der Waals surface area contributed by atoms with Crippen molar-refractivity contribution in [1.82, 2.24) is 24.6 Å². The van der Waals surface area contributed by atoms with Gasteiger partial charge in [0.15, 0.2) is 0 Å². The molecule has 7 heteroatoms. The SMILES string of the molecule is CN1CCN(c2ccc3ncc4c(=O)n(-c5ccccc5)[nH]c4c3n2)CC1. The largest absolute Gasteiger partial charge is 0.354 e. The summed E-state index contributed by atoms with van der Waals surface area (Å²) in [7, 11) is 2.13. The molecule has 1 fully saturated rings. The van der Waals surface area contributed by atoms with Gasteiger partial charge in [0, 0.05) is 32.4 Å². The van der Waals surface area contributed by atoms with Gasteiger partial charge in [0.05, 0.1) is 22.1 Å². The number of benzene rings is 1. The summed E-state index contributed by atoms with van der Waals surface area (Å²) in [6.45, 7) is 3.92. The molecule has 0 bridgehead atoms. The molecular formula is C20H20N6O. The lowest BCUT2D eigenvalue weighted by atomic mass is 10.2. The number of hydrogen-bond donors (Lipinski definition) is 1. The number of rotatable bonds is 2. The number of aromatic amines is 1. The predicted molar refractivity (Wildman–Crippen MR) is 107 cm³/mol. The average Bonchev–Trinajstić information content (AvgIpc) is 3.06. The molecule has 4 heterocycles. The molecule has 4 aromatic rings. The number of aromatic nitrogens is 4. The van der Waals surface area contributed by atoms with Crippen molar-refractivity contribution in [3.8, 4) is 5.69 Å². The number of nitrogens with zero attached hydrogens (tertiary/aromatic N) is 5. The first-order valence-electron chi connectivity index (χ1n) is 9.10. The number of nitrogens with one attached hydrogen (secondary N) is 1. The number of piperazine rings is 1. The lowest BCUT2D eigenvalue weighted by molar-refractivity contribution is 0.312. The van der Waals surface area contributed by atoms with Crippen molar-refractivity contribution in [3.05, 3.63) is 59.0 Å². The highest BCUT2D eigenvalue weighted by molar-refractivity contribution is 6.00. The Morgan fingerprint density at radius 2 is 1.78 bits per heavy atom. The Hall–Kier alpha value is -3.19. The van der Waals surface area contributed by atoms with Crippen LogP contribution in [0.2, 0.25) is 0 Å². The lowest BCUT2D eigenvalue weighted by Crippen LogP contribution is -2.44. The fourth-order valence-corrected chi connectivity index (χ4v) is 3.58. The summed E-state index contributed by atoms with van der Waals surface area (Å²) < 4.78 is 1.55. The van der Waals surface area contributed by atoms with E-state index in [2.05, 4.69) is 26.9 Å². The van der Waals surface area contributed by atoms with Gasteiger partial charge in [-0.2, -0.15) is 0 Å². The summed E-state index contributed by atoms with van der Waals surface area (Å²) in [5.74, 6) is 0.929. The number of hydrogen-bond acceptors (Lipinski definition) is 5. The molecular weight excluding hydrogens is 340 g/mol. The second-order valence-corrected chi connectivity index (χ2v) is 6.96. The van der Waals surface area contributed by atoms with Gasteiger partial charge in [-0.15, -0.1) is 0 Å². The van der Waals surface area contributed by atoms with Crippen molar-refractivity contribution in [3.63, 3.8) is 0 Å². The van der Waals surface area contributed by atoms with Gasteiger partial charge in [0.25, 0.3) is 5.56 Å². The Morgan fingerprint density at radius 3 is 2.56 bits per heavy atom. The number of anilines is 1. The summed E-state index contributed by atoms with van der Waals surface area (Å²) in [6, 6.07) is 13.5. The van der Waals surface area contributed by atoms with Gasteiger partial charge in [-0.1, -0.05) is 18.2 Å². The van der Waals surface area contributed by atoms with Crippen LogP contribution in [-0.2, 0) is 0 Å². The smallest absolute Gasteiger partial charge is 0.280 e. The highest BCUT2D eigenvalue weighted by Crippen LogP contribution is 2.23. The summed E-state index contributed by atoms with van der Waals surface area (Å²) in [6.07, 6.45) is 1.63. The Labute approximate surface area is 155 Å². The molecule has 0 amide bonds. The van der Waals surface area contributed by atoms with Gasteiger partial charge in [0.2, 0.25) is 0 Å². The molecule has 1 N–H and O–H groups in total. The maximum atomic E-state index is 12.8. The zero-order valence-electron chi connectivity index (χ0n) is 15.1. The maximum absolute atomic E-state index is 12.8. The van der Waals surface area contributed by atoms with E-state index in [0.29, 0.717) is 5.39 Å². The molecule has 5 rings (SSSR count). The van der Waals surface area contributed by atoms with Gasteiger partial charge in [-0.05, 0) is 31.3 Å². The molecule has 1 aromatic carbocycles. The topological polar surface area (TPSA) is 70.0 Å². The predicted octanol–water partition coefficient (Wildman–Crippen LogP) is 2.01. The van der Waals surface area contributed by atoms with E-state index in [1.54, 1.807) is 10.9 Å². The molecule has 7 nitrogen and oxygen atoms in total. The molecule has 0 aliphatic carbocycles. The minimum absolute atomic E-state index is 0.114. The maximum Gasteiger partial charge on any atom is 0.280 e.